The van der Waals surface area contributed by atoms with E-state index in [1.807, 2.05) is 18.2 Å². The summed E-state index contributed by atoms with van der Waals surface area (Å²) in [5.41, 5.74) is 4.02. The first-order valence-electron chi connectivity index (χ1n) is 12.8. The molecule has 1 saturated carbocycles. The molecule has 2 heterocycles. The first-order valence-corrected chi connectivity index (χ1v) is 12.8. The average molecular weight is 491 g/mol. The minimum Gasteiger partial charge on any atom is -0.308 e. The van der Waals surface area contributed by atoms with Crippen molar-refractivity contribution in [3.05, 3.63) is 101 Å². The molecule has 0 N–H and O–H groups in total. The summed E-state index contributed by atoms with van der Waals surface area (Å²) in [6.45, 7) is 13.6. The van der Waals surface area contributed by atoms with Gasteiger partial charge in [-0.3, -0.25) is 4.98 Å². The van der Waals surface area contributed by atoms with Gasteiger partial charge in [-0.1, -0.05) is 31.2 Å². The van der Waals surface area contributed by atoms with E-state index >= 15 is 4.39 Å². The summed E-state index contributed by atoms with van der Waals surface area (Å²) in [7, 11) is 0. The lowest BCUT2D eigenvalue weighted by Crippen LogP contribution is -2.46. The van der Waals surface area contributed by atoms with E-state index in [1.54, 1.807) is 30.5 Å². The molecule has 1 aromatic carbocycles. The molecule has 3 aromatic rings. The summed E-state index contributed by atoms with van der Waals surface area (Å²) in [5.74, 6) is 0.161. The van der Waals surface area contributed by atoms with E-state index in [2.05, 4.69) is 23.3 Å². The van der Waals surface area contributed by atoms with Gasteiger partial charge in [-0.2, -0.15) is 0 Å². The second-order valence-corrected chi connectivity index (χ2v) is 10.5. The fraction of sp³-hybridized carbons (Fsp3) is 0.323. The lowest BCUT2D eigenvalue weighted by atomic mass is 9.57. The van der Waals surface area contributed by atoms with Crippen LogP contribution in [0.2, 0.25) is 0 Å². The number of Topliss-reactive ketones (excluding diaryl/α,β-unsaturated/α-hetero) is 1. The Bertz CT molecular complexity index is 1520. The zero-order valence-corrected chi connectivity index (χ0v) is 20.7. The number of halogens is 1. The van der Waals surface area contributed by atoms with Gasteiger partial charge in [0, 0.05) is 45.8 Å². The van der Waals surface area contributed by atoms with Crippen molar-refractivity contribution in [3.8, 4) is 22.6 Å². The summed E-state index contributed by atoms with van der Waals surface area (Å²) < 4.78 is 15.1. The van der Waals surface area contributed by atoms with Crippen LogP contribution in [0.25, 0.3) is 27.5 Å². The van der Waals surface area contributed by atoms with Crippen molar-refractivity contribution >= 4 is 5.78 Å². The molecule has 184 valence electrons. The lowest BCUT2D eigenvalue weighted by molar-refractivity contribution is -0.122. The Morgan fingerprint density at radius 3 is 2.76 bits per heavy atom. The maximum atomic E-state index is 15.1. The van der Waals surface area contributed by atoms with Gasteiger partial charge in [-0.15, -0.1) is 6.58 Å². The van der Waals surface area contributed by atoms with Crippen LogP contribution in [0.3, 0.4) is 0 Å². The topological polar surface area (TPSA) is 60.1 Å². The first kappa shape index (κ1) is 23.4. The minimum atomic E-state index is -0.668. The monoisotopic (exact) mass is 490 g/mol. The summed E-state index contributed by atoms with van der Waals surface area (Å²) in [6, 6.07) is 10.6. The van der Waals surface area contributed by atoms with Gasteiger partial charge in [0.15, 0.2) is 11.6 Å². The van der Waals surface area contributed by atoms with Crippen LogP contribution in [0.5, 0.6) is 0 Å². The largest absolute Gasteiger partial charge is 0.308 e. The Labute approximate surface area is 216 Å². The van der Waals surface area contributed by atoms with E-state index in [4.69, 9.17) is 16.5 Å². The highest BCUT2D eigenvalue weighted by Crippen LogP contribution is 2.52. The maximum absolute atomic E-state index is 15.1. The van der Waals surface area contributed by atoms with Gasteiger partial charge in [0.25, 0.3) is 0 Å². The average Bonchev–Trinajstić information content (AvgIpc) is 3.76. The number of rotatable bonds is 5. The van der Waals surface area contributed by atoms with Gasteiger partial charge in [0.2, 0.25) is 5.70 Å². The van der Waals surface area contributed by atoms with Gasteiger partial charge >= 0.3 is 0 Å². The Morgan fingerprint density at radius 1 is 1.22 bits per heavy atom. The van der Waals surface area contributed by atoms with Crippen molar-refractivity contribution in [1.29, 1.82) is 0 Å². The number of pyridine rings is 1. The molecule has 6 rings (SSSR count). The molecule has 5 nitrogen and oxygen atoms in total. The molecule has 0 bridgehead atoms. The van der Waals surface area contributed by atoms with Crippen molar-refractivity contribution in [2.75, 3.05) is 0 Å². The van der Waals surface area contributed by atoms with Crippen molar-refractivity contribution in [2.45, 2.75) is 50.4 Å². The van der Waals surface area contributed by atoms with E-state index in [0.717, 1.165) is 41.8 Å². The molecular formula is C31H27FN4O. The molecule has 1 fully saturated rings. The number of nitrogens with zero attached hydrogens (tertiary/aromatic N) is 4. The standard InChI is InChI=1S/C31H27FN4O/c1-4-7-20-23-13-12-22-27(21-8-5-6-9-24(21)32)35-30(19-14-15-34-25(16-19)18-10-11-18)36-29(22)31(23,2)17-26(33-3)28(20)37/h4-6,8-9,14-18,20,23H,1,7,10-13H2,2H3/t20-,23-,31-/m1/s1. The summed E-state index contributed by atoms with van der Waals surface area (Å²) in [6.07, 6.45) is 9.47. The van der Waals surface area contributed by atoms with Crippen LogP contribution >= 0.6 is 0 Å². The Balaban J connectivity index is 1.62. The third-order valence-electron chi connectivity index (χ3n) is 8.21. The maximum Gasteiger partial charge on any atom is 0.226 e. The normalized spacial score (nSPS) is 24.5. The molecule has 0 aliphatic heterocycles. The molecule has 3 aliphatic rings. The van der Waals surface area contributed by atoms with Crippen molar-refractivity contribution in [2.24, 2.45) is 11.8 Å². The number of benzene rings is 1. The highest BCUT2D eigenvalue weighted by molar-refractivity contribution is 6.00. The smallest absolute Gasteiger partial charge is 0.226 e. The van der Waals surface area contributed by atoms with Gasteiger partial charge in [-0.25, -0.2) is 19.2 Å². The number of carbonyl (C=O) groups excluding carboxylic acids is 1. The molecular weight excluding hydrogens is 463 g/mol. The van der Waals surface area contributed by atoms with Crippen LogP contribution in [-0.4, -0.2) is 20.7 Å². The minimum absolute atomic E-state index is 0.0355. The van der Waals surface area contributed by atoms with Gasteiger partial charge in [0.1, 0.15) is 5.82 Å². The highest BCUT2D eigenvalue weighted by atomic mass is 19.1. The van der Waals surface area contributed by atoms with E-state index < -0.39 is 5.41 Å². The predicted molar refractivity (Wildman–Crippen MR) is 140 cm³/mol. The van der Waals surface area contributed by atoms with E-state index in [-0.39, 0.29) is 29.1 Å². The first-order chi connectivity index (χ1) is 17.9. The van der Waals surface area contributed by atoms with Gasteiger partial charge in [-0.05, 0) is 62.3 Å². The number of allylic oxidation sites excluding steroid dienone is 3. The van der Waals surface area contributed by atoms with Crippen molar-refractivity contribution in [3.63, 3.8) is 0 Å². The van der Waals surface area contributed by atoms with Crippen LogP contribution in [0.4, 0.5) is 4.39 Å². The van der Waals surface area contributed by atoms with Crippen LogP contribution in [0.15, 0.2) is 67.0 Å². The summed E-state index contributed by atoms with van der Waals surface area (Å²) in [4.78, 5) is 31.4. The molecule has 37 heavy (non-hydrogen) atoms. The van der Waals surface area contributed by atoms with Crippen molar-refractivity contribution < 1.29 is 9.18 Å². The van der Waals surface area contributed by atoms with E-state index in [9.17, 15) is 4.79 Å². The third kappa shape index (κ3) is 3.81. The number of hydrogen-bond donors (Lipinski definition) is 0. The van der Waals surface area contributed by atoms with Crippen LogP contribution in [0, 0.1) is 24.2 Å². The van der Waals surface area contributed by atoms with E-state index in [0.29, 0.717) is 35.8 Å². The predicted octanol–water partition coefficient (Wildman–Crippen LogP) is 6.62. The van der Waals surface area contributed by atoms with Gasteiger partial charge < -0.3 is 4.79 Å². The zero-order chi connectivity index (χ0) is 25.7. The molecule has 3 atom stereocenters. The van der Waals surface area contributed by atoms with Crippen molar-refractivity contribution in [1.82, 2.24) is 15.0 Å². The molecule has 6 heteroatoms. The van der Waals surface area contributed by atoms with Gasteiger partial charge in [0.05, 0.1) is 18.0 Å². The fourth-order valence-electron chi connectivity index (χ4n) is 6.20. The Morgan fingerprint density at radius 2 is 2.03 bits per heavy atom. The molecule has 0 radical (unpaired) electrons. The summed E-state index contributed by atoms with van der Waals surface area (Å²) >= 11 is 0. The number of fused-ring (bicyclic) bond motifs is 3. The second kappa shape index (κ2) is 8.85. The molecule has 0 saturated heterocycles. The van der Waals surface area contributed by atoms with E-state index in [1.165, 1.54) is 6.07 Å². The van der Waals surface area contributed by atoms with Crippen LogP contribution in [0.1, 0.15) is 55.5 Å². The second-order valence-electron chi connectivity index (χ2n) is 10.5. The molecule has 0 unspecified atom stereocenters. The molecule has 2 aromatic heterocycles. The fourth-order valence-corrected chi connectivity index (χ4v) is 6.20. The van der Waals surface area contributed by atoms with Crippen LogP contribution in [-0.2, 0) is 16.6 Å². The Hall–Kier alpha value is -3.98. The summed E-state index contributed by atoms with van der Waals surface area (Å²) in [5, 5.41) is 0. The highest BCUT2D eigenvalue weighted by Gasteiger charge is 2.50. The Kier molecular flexibility index (Phi) is 5.60. The quantitative estimate of drug-likeness (QED) is 0.298. The SMILES string of the molecule is [C-]#[N+]C1=C[C@@]2(C)c3nc(-c4ccnc(C5CC5)c4)nc(-c4ccccc4F)c3CC[C@@H]2[C@@H](CC=C)C1=O. The number of carbonyl (C=O) groups is 1. The lowest BCUT2D eigenvalue weighted by Gasteiger charge is -2.46. The molecule has 0 amide bonds. The zero-order valence-electron chi connectivity index (χ0n) is 20.7. The number of aromatic nitrogens is 3. The molecule has 3 aliphatic carbocycles. The van der Waals surface area contributed by atoms with Crippen LogP contribution < -0.4 is 0 Å². The number of ketones is 1. The number of hydrogen-bond acceptors (Lipinski definition) is 4. The molecule has 0 spiro atoms. The third-order valence-corrected chi connectivity index (χ3v) is 8.21.